The number of halogens is 3. The first kappa shape index (κ1) is 14.6. The second kappa shape index (κ2) is 6.18. The SMILES string of the molecule is ClC1=CC(Cl)=C(CNc2nc(Cl)nc3ncccc23)CC1. The minimum Gasteiger partial charge on any atom is -0.366 e. The molecule has 108 valence electrons. The summed E-state index contributed by atoms with van der Waals surface area (Å²) in [5.74, 6) is 0.649. The fourth-order valence-electron chi connectivity index (χ4n) is 2.14. The third-order valence-corrected chi connectivity index (χ3v) is 4.04. The molecule has 1 N–H and O–H groups in total. The maximum absolute atomic E-state index is 6.20. The van der Waals surface area contributed by atoms with Crippen molar-refractivity contribution in [1.29, 1.82) is 0 Å². The topological polar surface area (TPSA) is 50.7 Å². The van der Waals surface area contributed by atoms with Crippen LogP contribution in [0.1, 0.15) is 12.8 Å². The van der Waals surface area contributed by atoms with Gasteiger partial charge in [0.15, 0.2) is 5.65 Å². The quantitative estimate of drug-likeness (QED) is 0.835. The van der Waals surface area contributed by atoms with Gasteiger partial charge in [-0.25, -0.2) is 9.97 Å². The number of pyridine rings is 1. The number of allylic oxidation sites excluding steroid dienone is 3. The van der Waals surface area contributed by atoms with Crippen molar-refractivity contribution >= 4 is 51.7 Å². The van der Waals surface area contributed by atoms with Gasteiger partial charge in [-0.15, -0.1) is 0 Å². The van der Waals surface area contributed by atoms with Crippen LogP contribution in [0.15, 0.2) is 40.0 Å². The summed E-state index contributed by atoms with van der Waals surface area (Å²) in [5, 5.41) is 5.70. The van der Waals surface area contributed by atoms with Gasteiger partial charge in [-0.05, 0) is 48.2 Å². The zero-order valence-corrected chi connectivity index (χ0v) is 13.2. The Hall–Kier alpha value is -1.36. The third-order valence-electron chi connectivity index (χ3n) is 3.20. The van der Waals surface area contributed by atoms with Gasteiger partial charge in [-0.1, -0.05) is 23.2 Å². The monoisotopic (exact) mass is 340 g/mol. The van der Waals surface area contributed by atoms with E-state index in [1.807, 2.05) is 12.1 Å². The summed E-state index contributed by atoms with van der Waals surface area (Å²) in [6, 6.07) is 3.73. The van der Waals surface area contributed by atoms with E-state index in [4.69, 9.17) is 34.8 Å². The molecule has 0 amide bonds. The van der Waals surface area contributed by atoms with Crippen molar-refractivity contribution < 1.29 is 0 Å². The fourth-order valence-corrected chi connectivity index (χ4v) is 2.85. The van der Waals surface area contributed by atoms with E-state index in [1.54, 1.807) is 12.3 Å². The van der Waals surface area contributed by atoms with Gasteiger partial charge in [0.25, 0.3) is 0 Å². The first-order valence-corrected chi connectivity index (χ1v) is 7.52. The van der Waals surface area contributed by atoms with Gasteiger partial charge < -0.3 is 5.32 Å². The average Bonchev–Trinajstić information content (AvgIpc) is 2.46. The van der Waals surface area contributed by atoms with Gasteiger partial charge in [0.05, 0.1) is 5.39 Å². The van der Waals surface area contributed by atoms with Crippen LogP contribution in [0.4, 0.5) is 5.82 Å². The Bertz CT molecular complexity index is 755. The molecule has 2 aromatic rings. The zero-order valence-electron chi connectivity index (χ0n) is 10.9. The standard InChI is InChI=1S/C14H11Cl3N4/c15-9-4-3-8(11(16)6-9)7-19-13-10-2-1-5-18-12(10)20-14(17)21-13/h1-2,5-6H,3-4,7H2,(H,18,19,20,21). The molecule has 0 saturated carbocycles. The lowest BCUT2D eigenvalue weighted by atomic mass is 10.0. The molecule has 4 nitrogen and oxygen atoms in total. The molecule has 0 unspecified atom stereocenters. The molecule has 1 aliphatic carbocycles. The summed E-state index contributed by atoms with van der Waals surface area (Å²) in [7, 11) is 0. The number of rotatable bonds is 3. The lowest BCUT2D eigenvalue weighted by Crippen LogP contribution is -2.10. The molecule has 2 heterocycles. The number of fused-ring (bicyclic) bond motifs is 1. The number of anilines is 1. The maximum atomic E-state index is 6.20. The van der Waals surface area contributed by atoms with Crippen molar-refractivity contribution in [3.05, 3.63) is 45.3 Å². The van der Waals surface area contributed by atoms with Gasteiger partial charge in [0.2, 0.25) is 5.28 Å². The Morgan fingerprint density at radius 1 is 1.14 bits per heavy atom. The number of nitrogens with zero attached hydrogens (tertiary/aromatic N) is 3. The highest BCUT2D eigenvalue weighted by atomic mass is 35.5. The van der Waals surface area contributed by atoms with Crippen molar-refractivity contribution in [3.63, 3.8) is 0 Å². The first-order valence-electron chi connectivity index (χ1n) is 6.39. The van der Waals surface area contributed by atoms with Crippen LogP contribution >= 0.6 is 34.8 Å². The minimum absolute atomic E-state index is 0.162. The first-order chi connectivity index (χ1) is 10.1. The fraction of sp³-hybridized carbons (Fsp3) is 0.214. The lowest BCUT2D eigenvalue weighted by molar-refractivity contribution is 0.913. The second-order valence-corrected chi connectivity index (χ2v) is 5.84. The van der Waals surface area contributed by atoms with E-state index < -0.39 is 0 Å². The second-order valence-electron chi connectivity index (χ2n) is 4.61. The van der Waals surface area contributed by atoms with E-state index in [-0.39, 0.29) is 5.28 Å². The number of aromatic nitrogens is 3. The lowest BCUT2D eigenvalue weighted by Gasteiger charge is -2.15. The van der Waals surface area contributed by atoms with Crippen LogP contribution in [0.2, 0.25) is 5.28 Å². The molecule has 0 bridgehead atoms. The van der Waals surface area contributed by atoms with Crippen LogP contribution in [-0.2, 0) is 0 Å². The highest BCUT2D eigenvalue weighted by Crippen LogP contribution is 2.29. The van der Waals surface area contributed by atoms with Crippen LogP contribution in [0.3, 0.4) is 0 Å². The summed E-state index contributed by atoms with van der Waals surface area (Å²) in [4.78, 5) is 12.5. The number of hydrogen-bond donors (Lipinski definition) is 1. The largest absolute Gasteiger partial charge is 0.366 e. The van der Waals surface area contributed by atoms with E-state index in [2.05, 4.69) is 20.3 Å². The predicted octanol–water partition coefficient (Wildman–Crippen LogP) is 4.50. The average molecular weight is 342 g/mol. The van der Waals surface area contributed by atoms with E-state index in [0.29, 0.717) is 23.0 Å². The molecule has 0 aliphatic heterocycles. The molecule has 3 rings (SSSR count). The maximum Gasteiger partial charge on any atom is 0.226 e. The number of nitrogens with one attached hydrogen (secondary N) is 1. The van der Waals surface area contributed by atoms with Crippen molar-refractivity contribution in [2.75, 3.05) is 11.9 Å². The molecule has 1 aliphatic rings. The summed E-state index contributed by atoms with van der Waals surface area (Å²) >= 11 is 18.1. The molecule has 21 heavy (non-hydrogen) atoms. The van der Waals surface area contributed by atoms with E-state index in [0.717, 1.165) is 28.8 Å². The predicted molar refractivity (Wildman–Crippen MR) is 86.9 cm³/mol. The van der Waals surface area contributed by atoms with Gasteiger partial charge >= 0.3 is 0 Å². The van der Waals surface area contributed by atoms with Crippen LogP contribution < -0.4 is 5.32 Å². The molecule has 0 radical (unpaired) electrons. The summed E-state index contributed by atoms with van der Waals surface area (Å²) in [6.45, 7) is 0.580. The summed E-state index contributed by atoms with van der Waals surface area (Å²) in [6.07, 6.45) is 5.09. The minimum atomic E-state index is 0.162. The van der Waals surface area contributed by atoms with E-state index in [9.17, 15) is 0 Å². The Morgan fingerprint density at radius 3 is 2.81 bits per heavy atom. The van der Waals surface area contributed by atoms with Crippen molar-refractivity contribution in [2.24, 2.45) is 0 Å². The van der Waals surface area contributed by atoms with Gasteiger partial charge in [0.1, 0.15) is 5.82 Å². The molecular formula is C14H11Cl3N4. The molecule has 0 atom stereocenters. The zero-order chi connectivity index (χ0) is 14.8. The Kier molecular flexibility index (Phi) is 4.29. The smallest absolute Gasteiger partial charge is 0.226 e. The van der Waals surface area contributed by atoms with Crippen LogP contribution in [0, 0.1) is 0 Å². The molecular weight excluding hydrogens is 331 g/mol. The molecule has 0 aromatic carbocycles. The Balaban J connectivity index is 1.87. The van der Waals surface area contributed by atoms with Gasteiger partial charge in [-0.3, -0.25) is 0 Å². The van der Waals surface area contributed by atoms with Crippen molar-refractivity contribution in [2.45, 2.75) is 12.8 Å². The van der Waals surface area contributed by atoms with Crippen LogP contribution in [0.5, 0.6) is 0 Å². The van der Waals surface area contributed by atoms with Crippen molar-refractivity contribution in [1.82, 2.24) is 15.0 Å². The molecule has 2 aromatic heterocycles. The molecule has 7 heteroatoms. The Labute approximate surface area is 136 Å². The molecule has 0 saturated heterocycles. The van der Waals surface area contributed by atoms with Crippen molar-refractivity contribution in [3.8, 4) is 0 Å². The third kappa shape index (κ3) is 3.28. The summed E-state index contributed by atoms with van der Waals surface area (Å²) in [5.41, 5.74) is 1.65. The Morgan fingerprint density at radius 2 is 2.00 bits per heavy atom. The molecule has 0 spiro atoms. The van der Waals surface area contributed by atoms with Crippen LogP contribution in [0.25, 0.3) is 11.0 Å². The highest BCUT2D eigenvalue weighted by Gasteiger charge is 2.12. The van der Waals surface area contributed by atoms with E-state index in [1.165, 1.54) is 0 Å². The molecule has 0 fully saturated rings. The van der Waals surface area contributed by atoms with Crippen LogP contribution in [-0.4, -0.2) is 21.5 Å². The van der Waals surface area contributed by atoms with E-state index >= 15 is 0 Å². The highest BCUT2D eigenvalue weighted by molar-refractivity contribution is 6.35. The van der Waals surface area contributed by atoms with Gasteiger partial charge in [0, 0.05) is 22.8 Å². The summed E-state index contributed by atoms with van der Waals surface area (Å²) < 4.78 is 0. The number of hydrogen-bond acceptors (Lipinski definition) is 4. The normalized spacial score (nSPS) is 15.3. The van der Waals surface area contributed by atoms with Gasteiger partial charge in [-0.2, -0.15) is 4.98 Å².